The third-order valence-corrected chi connectivity index (χ3v) is 4.40. The van der Waals surface area contributed by atoms with Crippen molar-refractivity contribution in [1.29, 1.82) is 0 Å². The van der Waals surface area contributed by atoms with E-state index in [1.54, 1.807) is 0 Å². The fraction of sp³-hybridized carbons (Fsp3) is 0.529. The lowest BCUT2D eigenvalue weighted by molar-refractivity contribution is -0.385. The molecule has 0 saturated heterocycles. The van der Waals surface area contributed by atoms with E-state index in [0.29, 0.717) is 11.7 Å². The Balaban J connectivity index is 1.86. The maximum Gasteiger partial charge on any atom is 0.321 e. The van der Waals surface area contributed by atoms with Crippen LogP contribution in [0.1, 0.15) is 32.6 Å². The average molecular weight is 365 g/mol. The zero-order chi connectivity index (χ0) is 19.1. The van der Waals surface area contributed by atoms with E-state index < -0.39 is 23.5 Å². The molecule has 1 aliphatic rings. The van der Waals surface area contributed by atoms with Crippen LogP contribution in [0.3, 0.4) is 0 Å². The fourth-order valence-electron chi connectivity index (χ4n) is 2.93. The van der Waals surface area contributed by atoms with Crippen molar-refractivity contribution in [2.24, 2.45) is 5.92 Å². The first-order valence-electron chi connectivity index (χ1n) is 8.46. The van der Waals surface area contributed by atoms with Gasteiger partial charge in [0.1, 0.15) is 5.75 Å². The van der Waals surface area contributed by atoms with E-state index in [9.17, 15) is 19.7 Å². The average Bonchev–Trinajstić information content (AvgIpc) is 2.61. The van der Waals surface area contributed by atoms with Crippen LogP contribution >= 0.6 is 0 Å². The van der Waals surface area contributed by atoms with Crippen molar-refractivity contribution in [2.45, 2.75) is 38.6 Å². The largest absolute Gasteiger partial charge is 0.496 e. The number of benzene rings is 1. The Morgan fingerprint density at radius 1 is 1.31 bits per heavy atom. The van der Waals surface area contributed by atoms with Gasteiger partial charge >= 0.3 is 11.7 Å². The molecule has 1 aromatic carbocycles. The Bertz CT molecular complexity index is 678. The molecule has 2 N–H and O–H groups in total. The molecule has 142 valence electrons. The summed E-state index contributed by atoms with van der Waals surface area (Å²) in [7, 11) is 1.39. The van der Waals surface area contributed by atoms with Crippen molar-refractivity contribution in [1.82, 2.24) is 10.6 Å². The summed E-state index contributed by atoms with van der Waals surface area (Å²) in [6.45, 7) is 1.55. The number of carbonyl (C=O) groups is 2. The number of hydrogen-bond acceptors (Lipinski definition) is 6. The number of nitrogens with one attached hydrogen (secondary N) is 2. The molecule has 3 amide bonds. The summed E-state index contributed by atoms with van der Waals surface area (Å²) < 4.78 is 10.1. The van der Waals surface area contributed by atoms with Gasteiger partial charge in [-0.1, -0.05) is 19.8 Å². The highest BCUT2D eigenvalue weighted by molar-refractivity contribution is 5.95. The Kier molecular flexibility index (Phi) is 6.76. The van der Waals surface area contributed by atoms with Crippen molar-refractivity contribution in [3.05, 3.63) is 28.3 Å². The first-order valence-corrected chi connectivity index (χ1v) is 8.46. The van der Waals surface area contributed by atoms with Gasteiger partial charge in [-0.15, -0.1) is 0 Å². The maximum atomic E-state index is 11.9. The van der Waals surface area contributed by atoms with Crippen molar-refractivity contribution in [2.75, 3.05) is 13.7 Å². The van der Waals surface area contributed by atoms with Crippen LogP contribution in [0.15, 0.2) is 18.2 Å². The van der Waals surface area contributed by atoms with Gasteiger partial charge in [0.15, 0.2) is 12.4 Å². The zero-order valence-corrected chi connectivity index (χ0v) is 14.8. The molecule has 0 heterocycles. The van der Waals surface area contributed by atoms with E-state index in [1.165, 1.54) is 25.3 Å². The van der Waals surface area contributed by atoms with Crippen LogP contribution < -0.4 is 20.1 Å². The second-order valence-electron chi connectivity index (χ2n) is 6.27. The molecule has 0 spiro atoms. The Morgan fingerprint density at radius 3 is 2.69 bits per heavy atom. The number of rotatable bonds is 6. The minimum Gasteiger partial charge on any atom is -0.496 e. The molecule has 1 saturated carbocycles. The summed E-state index contributed by atoms with van der Waals surface area (Å²) in [6.07, 6.45) is 4.13. The molecule has 1 aromatic rings. The van der Waals surface area contributed by atoms with Gasteiger partial charge in [-0.25, -0.2) is 4.79 Å². The van der Waals surface area contributed by atoms with Gasteiger partial charge in [0.2, 0.25) is 0 Å². The maximum absolute atomic E-state index is 11.9. The van der Waals surface area contributed by atoms with E-state index in [2.05, 4.69) is 17.6 Å². The van der Waals surface area contributed by atoms with Crippen LogP contribution in [0.25, 0.3) is 0 Å². The molecule has 9 heteroatoms. The minimum absolute atomic E-state index is 0.0418. The van der Waals surface area contributed by atoms with Gasteiger partial charge in [-0.2, -0.15) is 0 Å². The number of nitro benzene ring substituents is 1. The van der Waals surface area contributed by atoms with Crippen LogP contribution in [0.5, 0.6) is 11.5 Å². The highest BCUT2D eigenvalue weighted by atomic mass is 16.6. The van der Waals surface area contributed by atoms with Crippen molar-refractivity contribution in [3.8, 4) is 11.5 Å². The molecule has 0 unspecified atom stereocenters. The number of hydrogen-bond donors (Lipinski definition) is 2. The number of nitro groups is 1. The molecule has 2 atom stereocenters. The summed E-state index contributed by atoms with van der Waals surface area (Å²) in [5, 5.41) is 16.0. The molecule has 0 aromatic heterocycles. The van der Waals surface area contributed by atoms with Gasteiger partial charge in [-0.3, -0.25) is 20.2 Å². The van der Waals surface area contributed by atoms with Crippen LogP contribution in [-0.2, 0) is 4.79 Å². The number of imide groups is 1. The lowest BCUT2D eigenvalue weighted by Crippen LogP contribution is -2.48. The van der Waals surface area contributed by atoms with Crippen LogP contribution in [0, 0.1) is 16.0 Å². The molecule has 1 fully saturated rings. The first kappa shape index (κ1) is 19.5. The predicted molar refractivity (Wildman–Crippen MR) is 93.2 cm³/mol. The SMILES string of the molecule is COc1ccc(OCC(=O)NC(=O)N[C@H]2CCCC[C@H]2C)c([N+](=O)[O-])c1. The number of methoxy groups -OCH3 is 1. The topological polar surface area (TPSA) is 120 Å². The van der Waals surface area contributed by atoms with Gasteiger partial charge in [0, 0.05) is 6.04 Å². The van der Waals surface area contributed by atoms with Crippen LogP contribution in [0.2, 0.25) is 0 Å². The van der Waals surface area contributed by atoms with Crippen molar-refractivity contribution in [3.63, 3.8) is 0 Å². The lowest BCUT2D eigenvalue weighted by Gasteiger charge is -2.29. The fourth-order valence-corrected chi connectivity index (χ4v) is 2.93. The normalized spacial score (nSPS) is 19.3. The molecule has 0 aliphatic heterocycles. The number of carbonyl (C=O) groups excluding carboxylic acids is 2. The van der Waals surface area contributed by atoms with Gasteiger partial charge in [0.05, 0.1) is 18.1 Å². The summed E-state index contributed by atoms with van der Waals surface area (Å²) >= 11 is 0. The Hall–Kier alpha value is -2.84. The zero-order valence-electron chi connectivity index (χ0n) is 14.8. The summed E-state index contributed by atoms with van der Waals surface area (Å²) in [5.74, 6) is -0.0966. The Morgan fingerprint density at radius 2 is 2.04 bits per heavy atom. The van der Waals surface area contributed by atoms with Gasteiger partial charge < -0.3 is 14.8 Å². The van der Waals surface area contributed by atoms with Crippen LogP contribution in [-0.4, -0.2) is 36.6 Å². The molecule has 2 rings (SSSR count). The summed E-state index contributed by atoms with van der Waals surface area (Å²) in [5.41, 5.74) is -0.322. The number of ether oxygens (including phenoxy) is 2. The number of nitrogens with zero attached hydrogens (tertiary/aromatic N) is 1. The summed E-state index contributed by atoms with van der Waals surface area (Å²) in [6, 6.07) is 3.48. The first-order chi connectivity index (χ1) is 12.4. The quantitative estimate of drug-likeness (QED) is 0.590. The number of urea groups is 1. The smallest absolute Gasteiger partial charge is 0.321 e. The molecular weight excluding hydrogens is 342 g/mol. The molecule has 0 radical (unpaired) electrons. The molecule has 26 heavy (non-hydrogen) atoms. The van der Waals surface area contributed by atoms with Crippen LogP contribution in [0.4, 0.5) is 10.5 Å². The van der Waals surface area contributed by atoms with Crippen molar-refractivity contribution < 1.29 is 24.0 Å². The van der Waals surface area contributed by atoms with E-state index in [4.69, 9.17) is 9.47 Å². The minimum atomic E-state index is -0.684. The van der Waals surface area contributed by atoms with Gasteiger partial charge in [-0.05, 0) is 30.9 Å². The number of amides is 3. The molecular formula is C17H23N3O6. The standard InChI is InChI=1S/C17H23N3O6/c1-11-5-3-4-6-13(11)18-17(22)19-16(21)10-26-15-8-7-12(25-2)9-14(15)20(23)24/h7-9,11,13H,3-6,10H2,1-2H3,(H2,18,19,21,22)/t11-,13+/m1/s1. The van der Waals surface area contributed by atoms with E-state index >= 15 is 0 Å². The lowest BCUT2D eigenvalue weighted by atomic mass is 9.86. The van der Waals surface area contributed by atoms with Crippen molar-refractivity contribution >= 4 is 17.6 Å². The van der Waals surface area contributed by atoms with Gasteiger partial charge in [0.25, 0.3) is 5.91 Å². The van der Waals surface area contributed by atoms with E-state index in [-0.39, 0.29) is 17.5 Å². The highest BCUT2D eigenvalue weighted by Gasteiger charge is 2.24. The second-order valence-corrected chi connectivity index (χ2v) is 6.27. The van der Waals surface area contributed by atoms with E-state index in [1.807, 2.05) is 0 Å². The molecule has 9 nitrogen and oxygen atoms in total. The third kappa shape index (κ3) is 5.33. The highest BCUT2D eigenvalue weighted by Crippen LogP contribution is 2.30. The molecule has 1 aliphatic carbocycles. The third-order valence-electron chi connectivity index (χ3n) is 4.40. The Labute approximate surface area is 151 Å². The predicted octanol–water partition coefficient (Wildman–Crippen LogP) is 2.39. The van der Waals surface area contributed by atoms with E-state index in [0.717, 1.165) is 25.7 Å². The molecule has 0 bridgehead atoms. The monoisotopic (exact) mass is 365 g/mol. The summed E-state index contributed by atoms with van der Waals surface area (Å²) in [4.78, 5) is 34.2. The second kappa shape index (κ2) is 9.02.